The zero-order chi connectivity index (χ0) is 13.2. The second-order valence-electron chi connectivity index (χ2n) is 4.03. The summed E-state index contributed by atoms with van der Waals surface area (Å²) in [7, 11) is 0. The number of carbonyl (C=O) groups excluding carboxylic acids is 1. The number of hydrogen-bond acceptors (Lipinski definition) is 3. The molecule has 1 unspecified atom stereocenters. The summed E-state index contributed by atoms with van der Waals surface area (Å²) in [6.45, 7) is 1.66. The summed E-state index contributed by atoms with van der Waals surface area (Å²) in [5.41, 5.74) is 0.0494. The van der Waals surface area contributed by atoms with E-state index >= 15 is 0 Å². The Morgan fingerprint density at radius 3 is 2.47 bits per heavy atom. The highest BCUT2D eigenvalue weighted by molar-refractivity contribution is 6.03. The van der Waals surface area contributed by atoms with Crippen molar-refractivity contribution in [3.05, 3.63) is 23.0 Å². The molecule has 0 saturated carbocycles. The third kappa shape index (κ3) is 3.33. The third-order valence-corrected chi connectivity index (χ3v) is 2.57. The number of hydrogen-bond donors (Lipinski definition) is 2. The molecule has 0 aliphatic heterocycles. The molecule has 0 heterocycles. The normalized spacial score (nSPS) is 20.8. The lowest BCUT2D eigenvalue weighted by Gasteiger charge is -2.20. The largest absolute Gasteiger partial charge is 0.504 e. The Hall–Kier alpha value is -1.30. The maximum Gasteiger partial charge on any atom is 0.418 e. The lowest BCUT2D eigenvalue weighted by Crippen LogP contribution is -2.32. The highest BCUT2D eigenvalue weighted by atomic mass is 19.4. The van der Waals surface area contributed by atoms with Crippen LogP contribution in [0.4, 0.5) is 13.2 Å². The van der Waals surface area contributed by atoms with Crippen LogP contribution in [0.1, 0.15) is 26.2 Å². The third-order valence-electron chi connectivity index (χ3n) is 2.57. The Bertz CT molecular complexity index is 380. The van der Waals surface area contributed by atoms with Crippen molar-refractivity contribution in [2.75, 3.05) is 0 Å². The fraction of sp³-hybridized carbons (Fsp3) is 0.545. The number of ketones is 1. The quantitative estimate of drug-likeness (QED) is 0.751. The molecule has 1 rings (SSSR count). The maximum absolute atomic E-state index is 12.3. The highest BCUT2D eigenvalue weighted by Gasteiger charge is 2.42. The van der Waals surface area contributed by atoms with Gasteiger partial charge in [-0.25, -0.2) is 0 Å². The van der Waals surface area contributed by atoms with Gasteiger partial charge in [-0.05, 0) is 32.3 Å². The van der Waals surface area contributed by atoms with Crippen molar-refractivity contribution in [2.45, 2.75) is 38.5 Å². The fourth-order valence-corrected chi connectivity index (χ4v) is 1.66. The van der Waals surface area contributed by atoms with Crippen LogP contribution in [0.3, 0.4) is 0 Å². The van der Waals surface area contributed by atoms with Crippen LogP contribution < -0.4 is 0 Å². The van der Waals surface area contributed by atoms with Crippen LogP contribution in [0.15, 0.2) is 23.0 Å². The van der Waals surface area contributed by atoms with Crippen LogP contribution in [0.2, 0.25) is 0 Å². The Balaban J connectivity index is 3.11. The van der Waals surface area contributed by atoms with Crippen molar-refractivity contribution >= 4 is 5.78 Å². The SMILES string of the molecule is CC1=CC(=O)C(O)=C(C(O)C(F)(F)F)CCC1. The van der Waals surface area contributed by atoms with Crippen molar-refractivity contribution < 1.29 is 28.2 Å². The van der Waals surface area contributed by atoms with E-state index in [1.807, 2.05) is 0 Å². The van der Waals surface area contributed by atoms with Crippen LogP contribution >= 0.6 is 0 Å². The molecule has 0 aromatic heterocycles. The molecule has 0 saturated heterocycles. The summed E-state index contributed by atoms with van der Waals surface area (Å²) in [4.78, 5) is 11.4. The molecule has 0 fully saturated rings. The number of allylic oxidation sites excluding steroid dienone is 2. The van der Waals surface area contributed by atoms with Crippen LogP contribution in [-0.4, -0.2) is 28.3 Å². The number of carbonyl (C=O) groups is 1. The van der Waals surface area contributed by atoms with E-state index in [1.165, 1.54) is 0 Å². The summed E-state index contributed by atoms with van der Waals surface area (Å²) in [6, 6.07) is 0. The van der Waals surface area contributed by atoms with Gasteiger partial charge in [-0.2, -0.15) is 13.2 Å². The van der Waals surface area contributed by atoms with Gasteiger partial charge in [0.1, 0.15) is 0 Å². The first-order valence-corrected chi connectivity index (χ1v) is 5.11. The van der Waals surface area contributed by atoms with Gasteiger partial charge < -0.3 is 10.2 Å². The second-order valence-corrected chi connectivity index (χ2v) is 4.03. The number of aliphatic hydroxyl groups is 2. The maximum atomic E-state index is 12.3. The minimum Gasteiger partial charge on any atom is -0.504 e. The average molecular weight is 250 g/mol. The summed E-state index contributed by atoms with van der Waals surface area (Å²) < 4.78 is 37.0. The lowest BCUT2D eigenvalue weighted by molar-refractivity contribution is -0.192. The lowest BCUT2D eigenvalue weighted by atomic mass is 9.94. The van der Waals surface area contributed by atoms with Crippen molar-refractivity contribution in [3.8, 4) is 0 Å². The average Bonchev–Trinajstić information content (AvgIpc) is 2.19. The van der Waals surface area contributed by atoms with E-state index < -0.39 is 29.4 Å². The molecule has 6 heteroatoms. The molecule has 1 aliphatic carbocycles. The Kier molecular flexibility index (Phi) is 3.98. The Labute approximate surface area is 96.3 Å². The van der Waals surface area contributed by atoms with Gasteiger partial charge >= 0.3 is 6.18 Å². The molecular weight excluding hydrogens is 237 g/mol. The molecule has 0 aromatic carbocycles. The van der Waals surface area contributed by atoms with Crippen molar-refractivity contribution in [1.29, 1.82) is 0 Å². The molecule has 3 nitrogen and oxygen atoms in total. The number of rotatable bonds is 1. The summed E-state index contributed by atoms with van der Waals surface area (Å²) in [6.07, 6.45) is -5.89. The standard InChI is InChI=1S/C11H13F3O3/c1-6-3-2-4-7(9(16)8(15)5-6)10(17)11(12,13)14/h5,10,16-17H,2-4H2,1H3. The van der Waals surface area contributed by atoms with E-state index in [4.69, 9.17) is 5.11 Å². The van der Waals surface area contributed by atoms with E-state index in [-0.39, 0.29) is 6.42 Å². The molecule has 1 aliphatic rings. The fourth-order valence-electron chi connectivity index (χ4n) is 1.66. The first-order valence-electron chi connectivity index (χ1n) is 5.11. The van der Waals surface area contributed by atoms with Crippen LogP contribution in [-0.2, 0) is 4.79 Å². The van der Waals surface area contributed by atoms with E-state index in [9.17, 15) is 23.1 Å². The number of alkyl halides is 3. The van der Waals surface area contributed by atoms with Gasteiger partial charge in [0.05, 0.1) is 0 Å². The van der Waals surface area contributed by atoms with Gasteiger partial charge in [-0.3, -0.25) is 4.79 Å². The molecule has 2 N–H and O–H groups in total. The summed E-state index contributed by atoms with van der Waals surface area (Å²) in [5, 5.41) is 18.5. The molecule has 0 radical (unpaired) electrons. The van der Waals surface area contributed by atoms with Gasteiger partial charge in [0.15, 0.2) is 11.9 Å². The first kappa shape index (κ1) is 13.8. The zero-order valence-electron chi connectivity index (χ0n) is 9.21. The van der Waals surface area contributed by atoms with Gasteiger partial charge in [-0.15, -0.1) is 0 Å². The van der Waals surface area contributed by atoms with Crippen molar-refractivity contribution in [2.24, 2.45) is 0 Å². The molecule has 96 valence electrons. The van der Waals surface area contributed by atoms with Crippen molar-refractivity contribution in [1.82, 2.24) is 0 Å². The number of halogens is 3. The molecule has 1 atom stereocenters. The Morgan fingerprint density at radius 1 is 1.35 bits per heavy atom. The Morgan fingerprint density at radius 2 is 1.94 bits per heavy atom. The molecule has 17 heavy (non-hydrogen) atoms. The van der Waals surface area contributed by atoms with Crippen LogP contribution in [0, 0.1) is 0 Å². The predicted molar refractivity (Wildman–Crippen MR) is 54.3 cm³/mol. The predicted octanol–water partition coefficient (Wildman–Crippen LogP) is 2.42. The van der Waals surface area contributed by atoms with Gasteiger partial charge in [0.25, 0.3) is 0 Å². The topological polar surface area (TPSA) is 57.5 Å². The van der Waals surface area contributed by atoms with E-state index in [0.29, 0.717) is 18.4 Å². The van der Waals surface area contributed by atoms with Gasteiger partial charge in [0, 0.05) is 5.57 Å². The van der Waals surface area contributed by atoms with Crippen molar-refractivity contribution in [3.63, 3.8) is 0 Å². The second kappa shape index (κ2) is 4.91. The van der Waals surface area contributed by atoms with E-state index in [0.717, 1.165) is 6.08 Å². The first-order chi connectivity index (χ1) is 7.73. The van der Waals surface area contributed by atoms with Gasteiger partial charge in [-0.1, -0.05) is 5.57 Å². The smallest absolute Gasteiger partial charge is 0.418 e. The molecule has 0 aromatic rings. The molecule has 0 spiro atoms. The monoisotopic (exact) mass is 250 g/mol. The summed E-state index contributed by atoms with van der Waals surface area (Å²) >= 11 is 0. The minimum absolute atomic E-state index is 0.149. The summed E-state index contributed by atoms with van der Waals surface area (Å²) in [5.74, 6) is -1.88. The van der Waals surface area contributed by atoms with E-state index in [2.05, 4.69) is 0 Å². The van der Waals surface area contributed by atoms with Crippen LogP contribution in [0.25, 0.3) is 0 Å². The zero-order valence-corrected chi connectivity index (χ0v) is 9.21. The van der Waals surface area contributed by atoms with Crippen LogP contribution in [0.5, 0.6) is 0 Å². The molecule has 0 bridgehead atoms. The minimum atomic E-state index is -4.87. The molecule has 0 amide bonds. The van der Waals surface area contributed by atoms with E-state index in [1.54, 1.807) is 6.92 Å². The highest BCUT2D eigenvalue weighted by Crippen LogP contribution is 2.31. The van der Waals surface area contributed by atoms with Gasteiger partial charge in [0.2, 0.25) is 5.78 Å². The number of aliphatic hydroxyl groups excluding tert-OH is 2. The molecular formula is C11H13F3O3.